The van der Waals surface area contributed by atoms with E-state index in [9.17, 15) is 19.2 Å². The summed E-state index contributed by atoms with van der Waals surface area (Å²) >= 11 is 0. The molecule has 0 aromatic carbocycles. The van der Waals surface area contributed by atoms with Gasteiger partial charge in [0.2, 0.25) is 0 Å². The summed E-state index contributed by atoms with van der Waals surface area (Å²) < 4.78 is 0. The number of amides is 2. The second-order valence-electron chi connectivity index (χ2n) is 7.66. The minimum absolute atomic E-state index is 0.0356. The zero-order valence-corrected chi connectivity index (χ0v) is 18.4. The van der Waals surface area contributed by atoms with Gasteiger partial charge < -0.3 is 20.6 Å². The minimum atomic E-state index is -0.509. The minimum Gasteiger partial charge on any atom is -0.346 e. The predicted molar refractivity (Wildman–Crippen MR) is 120 cm³/mol. The molecule has 32 heavy (non-hydrogen) atoms. The first kappa shape index (κ1) is 22.7. The second kappa shape index (κ2) is 9.42. The Bertz CT molecular complexity index is 1210. The third kappa shape index (κ3) is 5.18. The molecule has 3 rings (SSSR count). The maximum Gasteiger partial charge on any atom is 0.270 e. The van der Waals surface area contributed by atoms with Crippen LogP contribution in [0.3, 0.4) is 0 Å². The highest BCUT2D eigenvalue weighted by atomic mass is 16.2. The van der Waals surface area contributed by atoms with Crippen molar-refractivity contribution in [1.29, 1.82) is 0 Å². The molecule has 4 N–H and O–H groups in total. The van der Waals surface area contributed by atoms with Crippen LogP contribution in [-0.4, -0.2) is 26.8 Å². The molecule has 166 valence electrons. The quantitative estimate of drug-likeness (QED) is 0.466. The van der Waals surface area contributed by atoms with Gasteiger partial charge in [-0.1, -0.05) is 6.07 Å². The third-order valence-corrected chi connectivity index (χ3v) is 5.05. The molecule has 3 aromatic heterocycles. The van der Waals surface area contributed by atoms with Gasteiger partial charge in [-0.15, -0.1) is 0 Å². The number of aryl methyl sites for hydroxylation is 4. The van der Waals surface area contributed by atoms with Crippen molar-refractivity contribution in [3.05, 3.63) is 96.1 Å². The molecule has 0 radical (unpaired) electrons. The summed E-state index contributed by atoms with van der Waals surface area (Å²) in [5.74, 6) is -1.02. The van der Waals surface area contributed by atoms with E-state index in [1.165, 1.54) is 12.1 Å². The van der Waals surface area contributed by atoms with Crippen LogP contribution in [0.5, 0.6) is 0 Å². The monoisotopic (exact) mass is 435 g/mol. The van der Waals surface area contributed by atoms with E-state index in [0.29, 0.717) is 11.1 Å². The Balaban J connectivity index is 1.68. The lowest BCUT2D eigenvalue weighted by Gasteiger charge is -2.10. The second-order valence-corrected chi connectivity index (χ2v) is 7.66. The van der Waals surface area contributed by atoms with Crippen molar-refractivity contribution in [3.8, 4) is 0 Å². The molecule has 0 aliphatic heterocycles. The molecule has 9 nitrogen and oxygen atoms in total. The van der Waals surface area contributed by atoms with E-state index >= 15 is 0 Å². The van der Waals surface area contributed by atoms with Crippen LogP contribution in [0, 0.1) is 27.7 Å². The molecule has 0 unspecified atom stereocenters. The van der Waals surface area contributed by atoms with Crippen molar-refractivity contribution in [1.82, 2.24) is 25.6 Å². The zero-order valence-electron chi connectivity index (χ0n) is 18.4. The molecule has 9 heteroatoms. The topological polar surface area (TPSA) is 137 Å². The summed E-state index contributed by atoms with van der Waals surface area (Å²) in [6, 6.07) is 8.16. The van der Waals surface area contributed by atoms with E-state index in [1.54, 1.807) is 33.8 Å². The van der Waals surface area contributed by atoms with Crippen LogP contribution in [0.25, 0.3) is 0 Å². The Kier molecular flexibility index (Phi) is 6.67. The third-order valence-electron chi connectivity index (χ3n) is 5.05. The number of carbonyl (C=O) groups is 2. The molecule has 2 amide bonds. The van der Waals surface area contributed by atoms with Crippen LogP contribution in [0.1, 0.15) is 54.6 Å². The lowest BCUT2D eigenvalue weighted by atomic mass is 10.1. The fraction of sp³-hybridized carbons (Fsp3) is 0.261. The molecular formula is C23H25N5O4. The molecule has 0 fully saturated rings. The number of aromatic nitrogens is 3. The summed E-state index contributed by atoms with van der Waals surface area (Å²) in [7, 11) is 0. The van der Waals surface area contributed by atoms with Gasteiger partial charge in [0.15, 0.2) is 0 Å². The van der Waals surface area contributed by atoms with Crippen LogP contribution >= 0.6 is 0 Å². The van der Waals surface area contributed by atoms with Crippen molar-refractivity contribution in [2.24, 2.45) is 0 Å². The Morgan fingerprint density at radius 3 is 1.56 bits per heavy atom. The van der Waals surface area contributed by atoms with Gasteiger partial charge in [0.05, 0.1) is 0 Å². The molecule has 0 saturated heterocycles. The van der Waals surface area contributed by atoms with Gasteiger partial charge in [-0.2, -0.15) is 0 Å². The number of nitrogens with one attached hydrogen (secondary N) is 4. The molecule has 3 heterocycles. The average Bonchev–Trinajstić information content (AvgIpc) is 2.72. The highest BCUT2D eigenvalue weighted by molar-refractivity contribution is 5.96. The van der Waals surface area contributed by atoms with Gasteiger partial charge in [-0.3, -0.25) is 19.2 Å². The number of nitrogens with zero attached hydrogens (tertiary/aromatic N) is 1. The maximum atomic E-state index is 12.5. The van der Waals surface area contributed by atoms with Gasteiger partial charge in [-0.05, 0) is 63.1 Å². The standard InChI is InChI=1S/C23H25N5O4/c1-12-8-14(3)26-20(29)16(12)10-24-22(31)18-6-5-7-19(28-18)23(32)25-11-17-13(2)9-15(4)27-21(17)30/h5-9H,10-11H2,1-4H3,(H,24,31)(H,25,32)(H,26,29)(H,27,30). The first-order valence-electron chi connectivity index (χ1n) is 10.1. The number of carbonyl (C=O) groups excluding carboxylic acids is 2. The Morgan fingerprint density at radius 1 is 0.781 bits per heavy atom. The summed E-state index contributed by atoms with van der Waals surface area (Å²) in [6.07, 6.45) is 0. The first-order chi connectivity index (χ1) is 15.2. The molecular weight excluding hydrogens is 410 g/mol. The first-order valence-corrected chi connectivity index (χ1v) is 10.1. The van der Waals surface area contributed by atoms with Crippen LogP contribution in [0.2, 0.25) is 0 Å². The smallest absolute Gasteiger partial charge is 0.270 e. The number of hydrogen-bond donors (Lipinski definition) is 4. The Labute approximate surface area is 184 Å². The summed E-state index contributed by atoms with van der Waals surface area (Å²) in [5.41, 5.74) is 3.51. The highest BCUT2D eigenvalue weighted by Gasteiger charge is 2.15. The fourth-order valence-electron chi connectivity index (χ4n) is 3.41. The van der Waals surface area contributed by atoms with Crippen molar-refractivity contribution in [2.75, 3.05) is 0 Å². The van der Waals surface area contributed by atoms with Gasteiger partial charge >= 0.3 is 0 Å². The largest absolute Gasteiger partial charge is 0.346 e. The summed E-state index contributed by atoms with van der Waals surface area (Å²) in [4.78, 5) is 58.8. The van der Waals surface area contributed by atoms with Crippen LogP contribution < -0.4 is 21.8 Å². The van der Waals surface area contributed by atoms with Crippen molar-refractivity contribution in [3.63, 3.8) is 0 Å². The lowest BCUT2D eigenvalue weighted by molar-refractivity contribution is 0.0941. The van der Waals surface area contributed by atoms with E-state index in [4.69, 9.17) is 0 Å². The SMILES string of the molecule is Cc1cc(C)c(CNC(=O)c2cccc(C(=O)NCc3c(C)cc(C)[nH]c3=O)n2)c(=O)[nH]1. The maximum absolute atomic E-state index is 12.5. The summed E-state index contributed by atoms with van der Waals surface area (Å²) in [6.45, 7) is 7.24. The number of pyridine rings is 3. The molecule has 0 aliphatic rings. The van der Waals surface area contributed by atoms with E-state index in [2.05, 4.69) is 25.6 Å². The zero-order chi connectivity index (χ0) is 23.4. The molecule has 0 atom stereocenters. The van der Waals surface area contributed by atoms with Crippen LogP contribution in [-0.2, 0) is 13.1 Å². The molecule has 0 bridgehead atoms. The molecule has 0 aliphatic carbocycles. The van der Waals surface area contributed by atoms with Crippen molar-refractivity contribution < 1.29 is 9.59 Å². The van der Waals surface area contributed by atoms with Crippen LogP contribution in [0.4, 0.5) is 0 Å². The van der Waals surface area contributed by atoms with E-state index in [1.807, 2.05) is 12.1 Å². The summed E-state index contributed by atoms with van der Waals surface area (Å²) in [5, 5.41) is 5.32. The molecule has 3 aromatic rings. The Morgan fingerprint density at radius 2 is 1.19 bits per heavy atom. The van der Waals surface area contributed by atoms with Crippen molar-refractivity contribution in [2.45, 2.75) is 40.8 Å². The van der Waals surface area contributed by atoms with E-state index in [-0.39, 0.29) is 35.6 Å². The van der Waals surface area contributed by atoms with Gasteiger partial charge in [-0.25, -0.2) is 4.98 Å². The predicted octanol–water partition coefficient (Wildman–Crippen LogP) is 1.55. The number of rotatable bonds is 6. The molecule has 0 spiro atoms. The van der Waals surface area contributed by atoms with Gasteiger partial charge in [0.25, 0.3) is 22.9 Å². The van der Waals surface area contributed by atoms with Crippen LogP contribution in [0.15, 0.2) is 39.9 Å². The normalized spacial score (nSPS) is 10.6. The average molecular weight is 435 g/mol. The molecule has 0 saturated carbocycles. The number of H-pyrrole nitrogens is 2. The van der Waals surface area contributed by atoms with Gasteiger partial charge in [0, 0.05) is 35.6 Å². The fourth-order valence-corrected chi connectivity index (χ4v) is 3.41. The van der Waals surface area contributed by atoms with E-state index < -0.39 is 11.8 Å². The Hall–Kier alpha value is -4.01. The van der Waals surface area contributed by atoms with E-state index in [0.717, 1.165) is 22.5 Å². The lowest BCUT2D eigenvalue weighted by Crippen LogP contribution is -2.30. The number of hydrogen-bond acceptors (Lipinski definition) is 5. The van der Waals surface area contributed by atoms with Gasteiger partial charge in [0.1, 0.15) is 11.4 Å². The number of aromatic amines is 2. The van der Waals surface area contributed by atoms with Crippen molar-refractivity contribution >= 4 is 11.8 Å². The highest BCUT2D eigenvalue weighted by Crippen LogP contribution is 2.06.